The van der Waals surface area contributed by atoms with Gasteiger partial charge >= 0.3 is 5.97 Å². The van der Waals surface area contributed by atoms with Crippen molar-refractivity contribution in [1.82, 2.24) is 10.2 Å². The molecule has 0 aromatic rings. The van der Waals surface area contributed by atoms with Crippen molar-refractivity contribution in [3.8, 4) is 0 Å². The Kier molecular flexibility index (Phi) is 4.80. The van der Waals surface area contributed by atoms with E-state index in [2.05, 4.69) is 10.2 Å². The molecule has 1 amide bonds. The largest absolute Gasteiger partial charge is 0.469 e. The van der Waals surface area contributed by atoms with Gasteiger partial charge in [-0.3, -0.25) is 14.5 Å². The minimum absolute atomic E-state index is 0.0256. The Labute approximate surface area is 114 Å². The van der Waals surface area contributed by atoms with E-state index in [1.807, 2.05) is 6.92 Å². The van der Waals surface area contributed by atoms with E-state index >= 15 is 0 Å². The molecule has 0 bridgehead atoms. The summed E-state index contributed by atoms with van der Waals surface area (Å²) in [6.45, 7) is 2.90. The summed E-state index contributed by atoms with van der Waals surface area (Å²) in [6, 6.07) is 0.269. The van der Waals surface area contributed by atoms with Crippen LogP contribution in [0.2, 0.25) is 0 Å². The van der Waals surface area contributed by atoms with Gasteiger partial charge in [-0.15, -0.1) is 0 Å². The van der Waals surface area contributed by atoms with Gasteiger partial charge in [0, 0.05) is 18.6 Å². The van der Waals surface area contributed by atoms with Crippen molar-refractivity contribution in [3.05, 3.63) is 0 Å². The van der Waals surface area contributed by atoms with E-state index in [1.54, 1.807) is 0 Å². The average molecular weight is 268 g/mol. The molecule has 0 radical (unpaired) electrons. The van der Waals surface area contributed by atoms with Crippen molar-refractivity contribution in [1.29, 1.82) is 0 Å². The fraction of sp³-hybridized carbons (Fsp3) is 0.857. The zero-order valence-electron chi connectivity index (χ0n) is 11.9. The molecule has 1 heterocycles. The molecular formula is C14H24N2O3. The van der Waals surface area contributed by atoms with Crippen molar-refractivity contribution < 1.29 is 14.3 Å². The summed E-state index contributed by atoms with van der Waals surface area (Å²) in [5, 5.41) is 2.99. The van der Waals surface area contributed by atoms with Crippen molar-refractivity contribution in [2.24, 2.45) is 0 Å². The van der Waals surface area contributed by atoms with Crippen LogP contribution in [0.15, 0.2) is 0 Å². The van der Waals surface area contributed by atoms with E-state index in [1.165, 1.54) is 20.0 Å². The third kappa shape index (κ3) is 3.47. The first-order valence-corrected chi connectivity index (χ1v) is 7.24. The maximum Gasteiger partial charge on any atom is 0.307 e. The molecule has 108 valence electrons. The molecule has 19 heavy (non-hydrogen) atoms. The van der Waals surface area contributed by atoms with Crippen LogP contribution in [0.25, 0.3) is 0 Å². The lowest BCUT2D eigenvalue weighted by Gasteiger charge is -2.33. The average Bonchev–Trinajstić information content (AvgIpc) is 2.86. The summed E-state index contributed by atoms with van der Waals surface area (Å²) in [4.78, 5) is 26.1. The van der Waals surface area contributed by atoms with Gasteiger partial charge in [0.25, 0.3) is 0 Å². The normalized spacial score (nSPS) is 29.9. The van der Waals surface area contributed by atoms with Crippen molar-refractivity contribution in [3.63, 3.8) is 0 Å². The lowest BCUT2D eigenvalue weighted by molar-refractivity contribution is -0.145. The molecule has 1 saturated heterocycles. The maximum absolute atomic E-state index is 12.3. The zero-order valence-corrected chi connectivity index (χ0v) is 11.9. The van der Waals surface area contributed by atoms with Crippen LogP contribution in [0.5, 0.6) is 0 Å². The second-order valence-electron chi connectivity index (χ2n) is 5.67. The molecule has 0 spiro atoms. The zero-order chi connectivity index (χ0) is 13.8. The molecule has 1 aliphatic carbocycles. The van der Waals surface area contributed by atoms with E-state index in [4.69, 9.17) is 4.74 Å². The van der Waals surface area contributed by atoms with Crippen LogP contribution in [0.4, 0.5) is 0 Å². The van der Waals surface area contributed by atoms with Crippen LogP contribution in [0, 0.1) is 0 Å². The third-order valence-corrected chi connectivity index (χ3v) is 4.29. The Morgan fingerprint density at radius 1 is 1.37 bits per heavy atom. The summed E-state index contributed by atoms with van der Waals surface area (Å²) >= 11 is 0. The van der Waals surface area contributed by atoms with E-state index in [9.17, 15) is 9.59 Å². The molecule has 0 aromatic heterocycles. The number of rotatable bonds is 3. The van der Waals surface area contributed by atoms with Crippen LogP contribution in [-0.2, 0) is 14.3 Å². The summed E-state index contributed by atoms with van der Waals surface area (Å²) in [5.41, 5.74) is 0. The highest BCUT2D eigenvalue weighted by atomic mass is 16.5. The first-order valence-electron chi connectivity index (χ1n) is 7.24. The monoisotopic (exact) mass is 268 g/mol. The van der Waals surface area contributed by atoms with Gasteiger partial charge in [-0.1, -0.05) is 12.8 Å². The molecule has 0 aromatic carbocycles. The lowest BCUT2D eigenvalue weighted by atomic mass is 10.1. The van der Waals surface area contributed by atoms with Crippen LogP contribution in [0.1, 0.15) is 45.4 Å². The number of ether oxygens (including phenoxy) is 1. The number of carbonyl (C=O) groups is 2. The van der Waals surface area contributed by atoms with Gasteiger partial charge in [0.1, 0.15) is 0 Å². The van der Waals surface area contributed by atoms with E-state index in [0.29, 0.717) is 6.04 Å². The highest BCUT2D eigenvalue weighted by Gasteiger charge is 2.37. The molecule has 2 fully saturated rings. The number of esters is 1. The highest BCUT2D eigenvalue weighted by molar-refractivity contribution is 5.87. The first kappa shape index (κ1) is 14.3. The van der Waals surface area contributed by atoms with Crippen LogP contribution < -0.4 is 5.32 Å². The summed E-state index contributed by atoms with van der Waals surface area (Å²) in [6.07, 6.45) is 5.83. The predicted octanol–water partition coefficient (Wildman–Crippen LogP) is 1.07. The molecule has 1 N–H and O–H groups in total. The Balaban J connectivity index is 2.13. The van der Waals surface area contributed by atoms with Gasteiger partial charge in [0.15, 0.2) is 0 Å². The number of nitrogens with zero attached hydrogens (tertiary/aromatic N) is 1. The Morgan fingerprint density at radius 3 is 2.68 bits per heavy atom. The smallest absolute Gasteiger partial charge is 0.307 e. The predicted molar refractivity (Wildman–Crippen MR) is 71.6 cm³/mol. The van der Waals surface area contributed by atoms with Crippen molar-refractivity contribution in [2.75, 3.05) is 13.7 Å². The maximum atomic E-state index is 12.3. The molecule has 2 unspecified atom stereocenters. The fourth-order valence-corrected chi connectivity index (χ4v) is 3.18. The van der Waals surface area contributed by atoms with Crippen LogP contribution in [0.3, 0.4) is 0 Å². The topological polar surface area (TPSA) is 58.6 Å². The fourth-order valence-electron chi connectivity index (χ4n) is 3.18. The number of hydrogen-bond donors (Lipinski definition) is 1. The SMILES string of the molecule is COC(=O)CC1C(=O)NC(C)CCN1C1CCCC1. The molecule has 2 atom stereocenters. The van der Waals surface area contributed by atoms with Crippen LogP contribution >= 0.6 is 0 Å². The minimum atomic E-state index is -0.361. The number of amides is 1. The second-order valence-corrected chi connectivity index (χ2v) is 5.67. The van der Waals surface area contributed by atoms with Gasteiger partial charge in [0.2, 0.25) is 5.91 Å². The van der Waals surface area contributed by atoms with Crippen molar-refractivity contribution in [2.45, 2.75) is 63.6 Å². The lowest BCUT2D eigenvalue weighted by Crippen LogP contribution is -2.49. The third-order valence-electron chi connectivity index (χ3n) is 4.29. The Morgan fingerprint density at radius 2 is 2.05 bits per heavy atom. The van der Waals surface area contributed by atoms with Gasteiger partial charge < -0.3 is 10.1 Å². The van der Waals surface area contributed by atoms with Gasteiger partial charge in [-0.25, -0.2) is 0 Å². The summed E-state index contributed by atoms with van der Waals surface area (Å²) < 4.78 is 4.73. The van der Waals surface area contributed by atoms with E-state index in [0.717, 1.165) is 25.8 Å². The number of methoxy groups -OCH3 is 1. The van der Waals surface area contributed by atoms with Gasteiger partial charge in [-0.2, -0.15) is 0 Å². The molecule has 2 rings (SSSR count). The Hall–Kier alpha value is -1.10. The van der Waals surface area contributed by atoms with E-state index < -0.39 is 0 Å². The summed E-state index contributed by atoms with van der Waals surface area (Å²) in [7, 11) is 1.37. The van der Waals surface area contributed by atoms with Crippen molar-refractivity contribution >= 4 is 11.9 Å². The van der Waals surface area contributed by atoms with Gasteiger partial charge in [-0.05, 0) is 26.2 Å². The second kappa shape index (κ2) is 6.37. The number of hydrogen-bond acceptors (Lipinski definition) is 4. The molecule has 1 aliphatic heterocycles. The number of carbonyl (C=O) groups excluding carboxylic acids is 2. The minimum Gasteiger partial charge on any atom is -0.469 e. The number of nitrogens with one attached hydrogen (secondary N) is 1. The molecule has 2 aliphatic rings. The van der Waals surface area contributed by atoms with E-state index in [-0.39, 0.29) is 30.4 Å². The standard InChI is InChI=1S/C14H24N2O3/c1-10-7-8-16(11-5-3-4-6-11)12(14(18)15-10)9-13(17)19-2/h10-12H,3-9H2,1-2H3,(H,15,18). The quantitative estimate of drug-likeness (QED) is 0.778. The highest BCUT2D eigenvalue weighted by Crippen LogP contribution is 2.27. The molecular weight excluding hydrogens is 244 g/mol. The molecule has 1 saturated carbocycles. The Bertz CT molecular complexity index is 340. The van der Waals surface area contributed by atoms with Gasteiger partial charge in [0.05, 0.1) is 19.6 Å². The summed E-state index contributed by atoms with van der Waals surface area (Å²) in [5.74, 6) is -0.333. The first-order chi connectivity index (χ1) is 9.11. The van der Waals surface area contributed by atoms with Crippen LogP contribution in [-0.4, -0.2) is 48.6 Å². The molecule has 5 nitrogen and oxygen atoms in total. The molecule has 5 heteroatoms.